The number of nitrogens with zero attached hydrogens (tertiary/aromatic N) is 1. The second-order valence-electron chi connectivity index (χ2n) is 5.49. The van der Waals surface area contributed by atoms with Gasteiger partial charge in [-0.2, -0.15) is 0 Å². The van der Waals surface area contributed by atoms with Gasteiger partial charge in [-0.15, -0.1) is 11.6 Å². The fourth-order valence-electron chi connectivity index (χ4n) is 1.71. The van der Waals surface area contributed by atoms with Crippen molar-refractivity contribution in [2.75, 3.05) is 19.5 Å². The van der Waals surface area contributed by atoms with Gasteiger partial charge in [-0.25, -0.2) is 0 Å². The van der Waals surface area contributed by atoms with E-state index in [9.17, 15) is 0 Å². The van der Waals surface area contributed by atoms with Gasteiger partial charge in [-0.1, -0.05) is 45.4 Å². The monoisotopic (exact) mass is 247 g/mol. The molecule has 0 saturated carbocycles. The molecule has 0 unspecified atom stereocenters. The van der Waals surface area contributed by atoms with E-state index >= 15 is 0 Å². The second kappa shape index (κ2) is 9.30. The molecule has 0 aliphatic carbocycles. The molecule has 0 heterocycles. The van der Waals surface area contributed by atoms with Crippen LogP contribution < -0.4 is 0 Å². The van der Waals surface area contributed by atoms with Crippen LogP contribution in [0.3, 0.4) is 0 Å². The number of halogens is 1. The maximum absolute atomic E-state index is 5.94. The Balaban J connectivity index is 3.38. The van der Waals surface area contributed by atoms with E-state index in [4.69, 9.17) is 11.6 Å². The van der Waals surface area contributed by atoms with Gasteiger partial charge >= 0.3 is 0 Å². The molecular weight excluding hydrogens is 218 g/mol. The first-order valence-corrected chi connectivity index (χ1v) is 7.35. The van der Waals surface area contributed by atoms with E-state index in [1.54, 1.807) is 0 Å². The van der Waals surface area contributed by atoms with Crippen LogP contribution in [0, 0.1) is 0 Å². The van der Waals surface area contributed by atoms with E-state index in [-0.39, 0.29) is 5.54 Å². The van der Waals surface area contributed by atoms with Gasteiger partial charge in [0.25, 0.3) is 0 Å². The van der Waals surface area contributed by atoms with Crippen molar-refractivity contribution in [3.05, 3.63) is 0 Å². The Morgan fingerprint density at radius 1 is 0.938 bits per heavy atom. The van der Waals surface area contributed by atoms with E-state index in [2.05, 4.69) is 32.7 Å². The molecule has 0 aliphatic rings. The first-order chi connectivity index (χ1) is 7.54. The molecule has 0 atom stereocenters. The lowest BCUT2D eigenvalue weighted by Gasteiger charge is -2.33. The lowest BCUT2D eigenvalue weighted by atomic mass is 10.1. The normalized spacial score (nSPS) is 12.4. The lowest BCUT2D eigenvalue weighted by Crippen LogP contribution is -2.43. The van der Waals surface area contributed by atoms with Crippen molar-refractivity contribution in [3.8, 4) is 0 Å². The molecule has 0 radical (unpaired) electrons. The van der Waals surface area contributed by atoms with Crippen LogP contribution in [0.1, 0.15) is 65.7 Å². The summed E-state index contributed by atoms with van der Waals surface area (Å²) in [7, 11) is 2.18. The van der Waals surface area contributed by atoms with Gasteiger partial charge in [0, 0.05) is 11.4 Å². The van der Waals surface area contributed by atoms with Crippen molar-refractivity contribution in [1.29, 1.82) is 0 Å². The van der Waals surface area contributed by atoms with E-state index in [0.717, 1.165) is 0 Å². The Morgan fingerprint density at radius 3 is 1.94 bits per heavy atom. The smallest absolute Gasteiger partial charge is 0.0402 e. The highest BCUT2D eigenvalue weighted by Crippen LogP contribution is 2.15. The molecule has 0 amide bonds. The minimum atomic E-state index is 0.143. The van der Waals surface area contributed by atoms with Gasteiger partial charge < -0.3 is 4.90 Å². The molecule has 1 nitrogen and oxygen atoms in total. The third-order valence-electron chi connectivity index (χ3n) is 3.46. The van der Waals surface area contributed by atoms with Crippen LogP contribution >= 0.6 is 11.6 Å². The lowest BCUT2D eigenvalue weighted by molar-refractivity contribution is 0.175. The predicted molar refractivity (Wildman–Crippen MR) is 75.4 cm³/mol. The maximum Gasteiger partial charge on any atom is 0.0402 e. The maximum atomic E-state index is 5.94. The highest BCUT2D eigenvalue weighted by atomic mass is 35.5. The third kappa shape index (κ3) is 7.51. The summed E-state index contributed by atoms with van der Waals surface area (Å²) in [6.45, 7) is 7.86. The Labute approximate surface area is 108 Å². The summed E-state index contributed by atoms with van der Waals surface area (Å²) >= 11 is 5.94. The van der Waals surface area contributed by atoms with Gasteiger partial charge in [0.05, 0.1) is 0 Å². The molecule has 0 bridgehead atoms. The average Bonchev–Trinajstić information content (AvgIpc) is 2.27. The minimum Gasteiger partial charge on any atom is -0.300 e. The first kappa shape index (κ1) is 16.2. The number of unbranched alkanes of at least 4 members (excludes halogenated alkanes) is 6. The van der Waals surface area contributed by atoms with Gasteiger partial charge in [-0.05, 0) is 33.9 Å². The molecule has 0 spiro atoms. The van der Waals surface area contributed by atoms with E-state index < -0.39 is 0 Å². The predicted octanol–water partition coefficient (Wildman–Crippen LogP) is 4.69. The molecule has 0 saturated heterocycles. The Morgan fingerprint density at radius 2 is 1.44 bits per heavy atom. The van der Waals surface area contributed by atoms with Crippen molar-refractivity contribution in [2.45, 2.75) is 71.3 Å². The second-order valence-corrected chi connectivity index (χ2v) is 5.76. The van der Waals surface area contributed by atoms with Crippen LogP contribution in [0.5, 0.6) is 0 Å². The number of rotatable bonds is 10. The summed E-state index contributed by atoms with van der Waals surface area (Å²) in [5.74, 6) is 0.708. The standard InChI is InChI=1S/C14H30ClN/c1-5-6-7-8-9-10-11-12-16(4)14(2,3)13-15/h5-13H2,1-4H3. The summed E-state index contributed by atoms with van der Waals surface area (Å²) in [4.78, 5) is 2.38. The van der Waals surface area contributed by atoms with Gasteiger partial charge in [0.2, 0.25) is 0 Å². The fraction of sp³-hybridized carbons (Fsp3) is 1.00. The zero-order chi connectivity index (χ0) is 12.4. The zero-order valence-electron chi connectivity index (χ0n) is 11.7. The van der Waals surface area contributed by atoms with Crippen molar-refractivity contribution in [2.24, 2.45) is 0 Å². The zero-order valence-corrected chi connectivity index (χ0v) is 12.4. The number of alkyl halides is 1. The van der Waals surface area contributed by atoms with E-state index in [1.807, 2.05) is 0 Å². The van der Waals surface area contributed by atoms with Crippen molar-refractivity contribution >= 4 is 11.6 Å². The average molecular weight is 248 g/mol. The Kier molecular flexibility index (Phi) is 9.44. The minimum absolute atomic E-state index is 0.143. The van der Waals surface area contributed by atoms with Crippen LogP contribution in [0.25, 0.3) is 0 Å². The topological polar surface area (TPSA) is 3.24 Å². The van der Waals surface area contributed by atoms with Crippen molar-refractivity contribution in [1.82, 2.24) is 4.90 Å². The van der Waals surface area contributed by atoms with Gasteiger partial charge in [0.15, 0.2) is 0 Å². The van der Waals surface area contributed by atoms with E-state index in [1.165, 1.54) is 51.5 Å². The first-order valence-electron chi connectivity index (χ1n) is 6.81. The highest BCUT2D eigenvalue weighted by Gasteiger charge is 2.21. The van der Waals surface area contributed by atoms with Crippen LogP contribution in [0.2, 0.25) is 0 Å². The summed E-state index contributed by atoms with van der Waals surface area (Å²) in [5.41, 5.74) is 0.143. The quantitative estimate of drug-likeness (QED) is 0.400. The fourth-order valence-corrected chi connectivity index (χ4v) is 1.91. The van der Waals surface area contributed by atoms with Gasteiger partial charge in [0.1, 0.15) is 0 Å². The SMILES string of the molecule is CCCCCCCCCN(C)C(C)(C)CCl. The molecule has 0 aromatic heterocycles. The molecule has 0 aromatic rings. The van der Waals surface area contributed by atoms with Crippen LogP contribution in [0.15, 0.2) is 0 Å². The largest absolute Gasteiger partial charge is 0.300 e. The molecule has 0 fully saturated rings. The van der Waals surface area contributed by atoms with Crippen molar-refractivity contribution in [3.63, 3.8) is 0 Å². The van der Waals surface area contributed by atoms with Crippen LogP contribution in [0.4, 0.5) is 0 Å². The molecule has 0 aliphatic heterocycles. The van der Waals surface area contributed by atoms with E-state index in [0.29, 0.717) is 5.88 Å². The molecule has 0 aromatic carbocycles. The highest BCUT2D eigenvalue weighted by molar-refractivity contribution is 6.18. The molecule has 2 heteroatoms. The van der Waals surface area contributed by atoms with Crippen molar-refractivity contribution < 1.29 is 0 Å². The van der Waals surface area contributed by atoms with Gasteiger partial charge in [-0.3, -0.25) is 0 Å². The summed E-state index contributed by atoms with van der Waals surface area (Å²) < 4.78 is 0. The number of hydrogen-bond donors (Lipinski definition) is 0. The molecule has 98 valence electrons. The molecule has 16 heavy (non-hydrogen) atoms. The Hall–Kier alpha value is 0.250. The van der Waals surface area contributed by atoms with Crippen LogP contribution in [-0.2, 0) is 0 Å². The van der Waals surface area contributed by atoms with Crippen LogP contribution in [-0.4, -0.2) is 29.9 Å². The summed E-state index contributed by atoms with van der Waals surface area (Å²) in [6, 6.07) is 0. The summed E-state index contributed by atoms with van der Waals surface area (Å²) in [5, 5.41) is 0. The molecular formula is C14H30ClN. The molecule has 0 N–H and O–H groups in total. The Bertz CT molecular complexity index is 157. The third-order valence-corrected chi connectivity index (χ3v) is 4.11. The molecule has 0 rings (SSSR count). The number of hydrogen-bond acceptors (Lipinski definition) is 1. The summed E-state index contributed by atoms with van der Waals surface area (Å²) in [6.07, 6.45) is 9.65.